The van der Waals surface area contributed by atoms with E-state index in [-0.39, 0.29) is 12.5 Å². The lowest BCUT2D eigenvalue weighted by atomic mass is 10.1. The second-order valence-corrected chi connectivity index (χ2v) is 2.17. The molecule has 0 rings (SSSR count). The first kappa shape index (κ1) is 9.17. The van der Waals surface area contributed by atoms with Gasteiger partial charge in [0.2, 0.25) is 0 Å². The number of carbonyl (C=O) groups is 1. The van der Waals surface area contributed by atoms with Gasteiger partial charge in [0.25, 0.3) is 0 Å². The Kier molecular flexibility index (Phi) is 3.72. The molecule has 0 aromatic heterocycles. The van der Waals surface area contributed by atoms with Crippen LogP contribution in [0.4, 0.5) is 0 Å². The molecule has 0 aliphatic rings. The molecule has 1 unspecified atom stereocenters. The summed E-state index contributed by atoms with van der Waals surface area (Å²) in [6.45, 7) is 5.34. The molecule has 3 nitrogen and oxygen atoms in total. The molecular weight excluding hydrogens is 132 g/mol. The Hall–Kier alpha value is -0.830. The maximum Gasteiger partial charge on any atom is 0.306 e. The molecule has 0 amide bonds. The number of carboxylic acid groups (broad SMARTS) is 1. The van der Waals surface area contributed by atoms with Gasteiger partial charge in [0, 0.05) is 7.11 Å². The van der Waals surface area contributed by atoms with Crippen LogP contribution >= 0.6 is 0 Å². The maximum atomic E-state index is 10.2. The van der Waals surface area contributed by atoms with Crippen LogP contribution in [0.5, 0.6) is 0 Å². The van der Waals surface area contributed by atoms with E-state index < -0.39 is 5.97 Å². The summed E-state index contributed by atoms with van der Waals surface area (Å²) in [5.74, 6) is -0.866. The van der Waals surface area contributed by atoms with Gasteiger partial charge in [-0.05, 0) is 6.92 Å². The Morgan fingerprint density at radius 3 is 2.40 bits per heavy atom. The second kappa shape index (κ2) is 4.06. The van der Waals surface area contributed by atoms with Crippen molar-refractivity contribution < 1.29 is 14.6 Å². The minimum atomic E-state index is -0.866. The topological polar surface area (TPSA) is 46.5 Å². The van der Waals surface area contributed by atoms with Crippen LogP contribution in [-0.2, 0) is 9.53 Å². The van der Waals surface area contributed by atoms with Gasteiger partial charge in [-0.25, -0.2) is 0 Å². The zero-order chi connectivity index (χ0) is 8.15. The minimum absolute atomic E-state index is 0.00810. The van der Waals surface area contributed by atoms with Crippen molar-refractivity contribution in [2.45, 2.75) is 19.4 Å². The molecule has 0 fully saturated rings. The summed E-state index contributed by atoms with van der Waals surface area (Å²) in [5, 5.41) is 8.34. The van der Waals surface area contributed by atoms with Crippen LogP contribution in [-0.4, -0.2) is 24.3 Å². The summed E-state index contributed by atoms with van der Waals surface area (Å²) in [4.78, 5) is 10.2. The van der Waals surface area contributed by atoms with E-state index >= 15 is 0 Å². The SMILES string of the molecule is C=C(C)C(CC(=O)O)OC. The monoisotopic (exact) mass is 144 g/mol. The summed E-state index contributed by atoms with van der Waals surface area (Å²) >= 11 is 0. The van der Waals surface area contributed by atoms with Crippen LogP contribution in [0.15, 0.2) is 12.2 Å². The van der Waals surface area contributed by atoms with Crippen LogP contribution < -0.4 is 0 Å². The lowest BCUT2D eigenvalue weighted by Crippen LogP contribution is -2.16. The molecule has 0 heterocycles. The molecule has 0 bridgehead atoms. The fourth-order valence-corrected chi connectivity index (χ4v) is 0.617. The van der Waals surface area contributed by atoms with Crippen LogP contribution in [0.3, 0.4) is 0 Å². The Bertz CT molecular complexity index is 140. The van der Waals surface area contributed by atoms with Gasteiger partial charge in [-0.1, -0.05) is 12.2 Å². The second-order valence-electron chi connectivity index (χ2n) is 2.17. The van der Waals surface area contributed by atoms with Crippen molar-refractivity contribution in [3.63, 3.8) is 0 Å². The summed E-state index contributed by atoms with van der Waals surface area (Å²) in [5.41, 5.74) is 0.741. The fourth-order valence-electron chi connectivity index (χ4n) is 0.617. The van der Waals surface area contributed by atoms with Gasteiger partial charge in [0.05, 0.1) is 12.5 Å². The molecule has 0 aromatic carbocycles. The van der Waals surface area contributed by atoms with Crippen LogP contribution in [0.2, 0.25) is 0 Å². The van der Waals surface area contributed by atoms with Crippen molar-refractivity contribution in [3.8, 4) is 0 Å². The van der Waals surface area contributed by atoms with Gasteiger partial charge in [-0.15, -0.1) is 0 Å². The van der Waals surface area contributed by atoms with E-state index in [0.29, 0.717) is 0 Å². The number of carboxylic acids is 1. The molecule has 0 saturated carbocycles. The maximum absolute atomic E-state index is 10.2. The van der Waals surface area contributed by atoms with Crippen molar-refractivity contribution in [1.29, 1.82) is 0 Å². The molecule has 10 heavy (non-hydrogen) atoms. The largest absolute Gasteiger partial charge is 0.481 e. The van der Waals surface area contributed by atoms with Crippen LogP contribution in [0.1, 0.15) is 13.3 Å². The lowest BCUT2D eigenvalue weighted by Gasteiger charge is -2.11. The number of hydrogen-bond acceptors (Lipinski definition) is 2. The van der Waals surface area contributed by atoms with Crippen molar-refractivity contribution >= 4 is 5.97 Å². The first-order valence-corrected chi connectivity index (χ1v) is 2.98. The Labute approximate surface area is 60.3 Å². The summed E-state index contributed by atoms with van der Waals surface area (Å²) in [6.07, 6.45) is -0.358. The molecule has 0 aromatic rings. The molecule has 0 aliphatic carbocycles. The molecule has 1 atom stereocenters. The van der Waals surface area contributed by atoms with E-state index in [1.165, 1.54) is 7.11 Å². The van der Waals surface area contributed by atoms with E-state index in [9.17, 15) is 4.79 Å². The highest BCUT2D eigenvalue weighted by Crippen LogP contribution is 2.06. The number of ether oxygens (including phenoxy) is 1. The summed E-state index contributed by atoms with van der Waals surface area (Å²) in [6, 6.07) is 0. The zero-order valence-corrected chi connectivity index (χ0v) is 6.26. The standard InChI is InChI=1S/C7H12O3/c1-5(2)6(10-3)4-7(8)9/h6H,1,4H2,2-3H3,(H,8,9). The number of rotatable bonds is 4. The molecule has 58 valence electrons. The highest BCUT2D eigenvalue weighted by atomic mass is 16.5. The Morgan fingerprint density at radius 2 is 2.30 bits per heavy atom. The molecule has 0 aliphatic heterocycles. The smallest absolute Gasteiger partial charge is 0.306 e. The van der Waals surface area contributed by atoms with Gasteiger partial charge in [0.15, 0.2) is 0 Å². The van der Waals surface area contributed by atoms with Crippen LogP contribution in [0.25, 0.3) is 0 Å². The predicted molar refractivity (Wildman–Crippen MR) is 37.9 cm³/mol. The Balaban J connectivity index is 3.83. The van der Waals surface area contributed by atoms with Crippen molar-refractivity contribution in [1.82, 2.24) is 0 Å². The van der Waals surface area contributed by atoms with Gasteiger partial charge in [-0.3, -0.25) is 4.79 Å². The van der Waals surface area contributed by atoms with Gasteiger partial charge in [-0.2, -0.15) is 0 Å². The van der Waals surface area contributed by atoms with Crippen molar-refractivity contribution in [3.05, 3.63) is 12.2 Å². The first-order valence-electron chi connectivity index (χ1n) is 2.98. The Morgan fingerprint density at radius 1 is 1.80 bits per heavy atom. The average Bonchev–Trinajstić information content (AvgIpc) is 1.81. The summed E-state index contributed by atoms with van der Waals surface area (Å²) < 4.78 is 4.84. The molecule has 0 spiro atoms. The van der Waals surface area contributed by atoms with E-state index in [2.05, 4.69) is 6.58 Å². The average molecular weight is 144 g/mol. The quantitative estimate of drug-likeness (QED) is 0.600. The van der Waals surface area contributed by atoms with Gasteiger partial charge >= 0.3 is 5.97 Å². The van der Waals surface area contributed by atoms with E-state index in [4.69, 9.17) is 9.84 Å². The molecule has 1 N–H and O–H groups in total. The molecule has 0 saturated heterocycles. The van der Waals surface area contributed by atoms with E-state index in [1.807, 2.05) is 0 Å². The first-order chi connectivity index (χ1) is 4.57. The van der Waals surface area contributed by atoms with Gasteiger partial charge < -0.3 is 9.84 Å². The van der Waals surface area contributed by atoms with E-state index in [1.54, 1.807) is 6.92 Å². The predicted octanol–water partition coefficient (Wildman–Crippen LogP) is 1.05. The third-order valence-corrected chi connectivity index (χ3v) is 1.19. The number of methoxy groups -OCH3 is 1. The molecule has 3 heteroatoms. The van der Waals surface area contributed by atoms with E-state index in [0.717, 1.165) is 5.57 Å². The number of aliphatic carboxylic acids is 1. The van der Waals surface area contributed by atoms with Gasteiger partial charge in [0.1, 0.15) is 0 Å². The third-order valence-electron chi connectivity index (χ3n) is 1.19. The van der Waals surface area contributed by atoms with Crippen molar-refractivity contribution in [2.75, 3.05) is 7.11 Å². The third kappa shape index (κ3) is 3.25. The molecular formula is C7H12O3. The number of hydrogen-bond donors (Lipinski definition) is 1. The highest BCUT2D eigenvalue weighted by molar-refractivity contribution is 5.67. The highest BCUT2D eigenvalue weighted by Gasteiger charge is 2.11. The van der Waals surface area contributed by atoms with Crippen LogP contribution in [0, 0.1) is 0 Å². The zero-order valence-electron chi connectivity index (χ0n) is 6.26. The summed E-state index contributed by atoms with van der Waals surface area (Å²) in [7, 11) is 1.47. The fraction of sp³-hybridized carbons (Fsp3) is 0.571. The van der Waals surface area contributed by atoms with Crippen molar-refractivity contribution in [2.24, 2.45) is 0 Å². The normalized spacial score (nSPS) is 12.6. The minimum Gasteiger partial charge on any atom is -0.481 e. The lowest BCUT2D eigenvalue weighted by molar-refractivity contribution is -0.139. The molecule has 0 radical (unpaired) electrons.